The minimum atomic E-state index is -0.148. The SMILES string of the molecule is C=COCCOc1ccc(C(C)(C)c2ccc(OCCOC=C)c(C)c2)cc1C. The molecule has 2 aromatic carbocycles. The lowest BCUT2D eigenvalue weighted by Crippen LogP contribution is -2.19. The van der Waals surface area contributed by atoms with Crippen LogP contribution in [0.4, 0.5) is 0 Å². The molecule has 0 atom stereocenters. The first-order valence-electron chi connectivity index (χ1n) is 9.83. The van der Waals surface area contributed by atoms with Crippen LogP contribution in [0, 0.1) is 13.8 Å². The zero-order valence-corrected chi connectivity index (χ0v) is 18.0. The molecule has 2 rings (SSSR count). The van der Waals surface area contributed by atoms with Crippen molar-refractivity contribution in [2.75, 3.05) is 26.4 Å². The lowest BCUT2D eigenvalue weighted by molar-refractivity contribution is 0.179. The van der Waals surface area contributed by atoms with Crippen LogP contribution in [-0.4, -0.2) is 26.4 Å². The largest absolute Gasteiger partial charge is 0.498 e. The Morgan fingerprint density at radius 2 is 1.14 bits per heavy atom. The molecule has 0 aliphatic heterocycles. The van der Waals surface area contributed by atoms with Gasteiger partial charge in [-0.05, 0) is 48.2 Å². The molecule has 4 heteroatoms. The summed E-state index contributed by atoms with van der Waals surface area (Å²) in [4.78, 5) is 0. The number of benzene rings is 2. The molecule has 0 heterocycles. The van der Waals surface area contributed by atoms with Crippen molar-refractivity contribution in [3.05, 3.63) is 84.3 Å². The van der Waals surface area contributed by atoms with Gasteiger partial charge in [-0.15, -0.1) is 0 Å². The molecule has 0 aliphatic carbocycles. The van der Waals surface area contributed by atoms with Gasteiger partial charge in [-0.25, -0.2) is 0 Å². The second-order valence-corrected chi connectivity index (χ2v) is 7.36. The predicted molar refractivity (Wildman–Crippen MR) is 118 cm³/mol. The van der Waals surface area contributed by atoms with Gasteiger partial charge in [0.1, 0.15) is 37.9 Å². The van der Waals surface area contributed by atoms with Crippen LogP contribution in [0.2, 0.25) is 0 Å². The lowest BCUT2D eigenvalue weighted by Gasteiger charge is -2.28. The van der Waals surface area contributed by atoms with Crippen LogP contribution in [0.1, 0.15) is 36.1 Å². The zero-order valence-electron chi connectivity index (χ0n) is 18.0. The van der Waals surface area contributed by atoms with E-state index in [1.54, 1.807) is 0 Å². The highest BCUT2D eigenvalue weighted by Gasteiger charge is 2.24. The summed E-state index contributed by atoms with van der Waals surface area (Å²) in [5.41, 5.74) is 4.53. The number of ether oxygens (including phenoxy) is 4. The van der Waals surface area contributed by atoms with E-state index in [9.17, 15) is 0 Å². The third-order valence-corrected chi connectivity index (χ3v) is 4.95. The van der Waals surface area contributed by atoms with E-state index in [0.29, 0.717) is 26.4 Å². The van der Waals surface area contributed by atoms with Gasteiger partial charge in [0.2, 0.25) is 0 Å². The molecule has 0 saturated heterocycles. The molecule has 0 amide bonds. The normalized spacial score (nSPS) is 10.9. The fourth-order valence-electron chi connectivity index (χ4n) is 3.13. The van der Waals surface area contributed by atoms with Crippen LogP contribution >= 0.6 is 0 Å². The maximum atomic E-state index is 5.80. The molecule has 0 saturated carbocycles. The van der Waals surface area contributed by atoms with Crippen LogP contribution in [0.5, 0.6) is 11.5 Å². The Balaban J connectivity index is 2.12. The number of aryl methyl sites for hydroxylation is 2. The number of hydrogen-bond donors (Lipinski definition) is 0. The average molecular weight is 397 g/mol. The van der Waals surface area contributed by atoms with Crippen molar-refractivity contribution in [1.82, 2.24) is 0 Å². The summed E-state index contributed by atoms with van der Waals surface area (Å²) in [6.45, 7) is 17.6. The summed E-state index contributed by atoms with van der Waals surface area (Å²) in [6, 6.07) is 12.7. The van der Waals surface area contributed by atoms with E-state index in [-0.39, 0.29) is 5.41 Å². The van der Waals surface area contributed by atoms with Gasteiger partial charge >= 0.3 is 0 Å². The van der Waals surface area contributed by atoms with Crippen molar-refractivity contribution in [3.8, 4) is 11.5 Å². The first-order valence-corrected chi connectivity index (χ1v) is 9.83. The van der Waals surface area contributed by atoms with Gasteiger partial charge < -0.3 is 18.9 Å². The van der Waals surface area contributed by atoms with Crippen LogP contribution in [-0.2, 0) is 14.9 Å². The van der Waals surface area contributed by atoms with Gasteiger partial charge in [0, 0.05) is 5.41 Å². The van der Waals surface area contributed by atoms with Crippen molar-refractivity contribution in [1.29, 1.82) is 0 Å². The van der Waals surface area contributed by atoms with Crippen LogP contribution in [0.25, 0.3) is 0 Å². The van der Waals surface area contributed by atoms with E-state index in [4.69, 9.17) is 18.9 Å². The van der Waals surface area contributed by atoms with Gasteiger partial charge in [-0.2, -0.15) is 0 Å². The fraction of sp³-hybridized carbons (Fsp3) is 0.360. The second-order valence-electron chi connectivity index (χ2n) is 7.36. The molecule has 0 fully saturated rings. The smallest absolute Gasteiger partial charge is 0.122 e. The van der Waals surface area contributed by atoms with Crippen LogP contribution in [0.15, 0.2) is 62.1 Å². The Morgan fingerprint density at radius 1 is 0.724 bits per heavy atom. The van der Waals surface area contributed by atoms with Crippen LogP contribution in [0.3, 0.4) is 0 Å². The van der Waals surface area contributed by atoms with Crippen molar-refractivity contribution in [3.63, 3.8) is 0 Å². The Labute approximate surface area is 174 Å². The van der Waals surface area contributed by atoms with Crippen molar-refractivity contribution in [2.45, 2.75) is 33.1 Å². The Kier molecular flexibility index (Phi) is 8.20. The standard InChI is InChI=1S/C25H32O4/c1-7-26-13-15-28-23-11-9-21(17-19(23)3)25(5,6)22-10-12-24(20(4)18-22)29-16-14-27-8-2/h7-12,17-18H,1-2,13-16H2,3-6H3. The molecule has 2 aromatic rings. The second kappa shape index (κ2) is 10.6. The topological polar surface area (TPSA) is 36.9 Å². The third-order valence-electron chi connectivity index (χ3n) is 4.95. The third kappa shape index (κ3) is 6.05. The predicted octanol–water partition coefficient (Wildman–Crippen LogP) is 5.71. The molecule has 156 valence electrons. The molecule has 0 aliphatic rings. The summed E-state index contributed by atoms with van der Waals surface area (Å²) in [5, 5.41) is 0. The van der Waals surface area contributed by atoms with E-state index in [1.165, 1.54) is 23.7 Å². The maximum Gasteiger partial charge on any atom is 0.122 e. The first-order chi connectivity index (χ1) is 13.9. The van der Waals surface area contributed by atoms with E-state index in [1.807, 2.05) is 12.1 Å². The Morgan fingerprint density at radius 3 is 1.48 bits per heavy atom. The average Bonchev–Trinajstić information content (AvgIpc) is 2.70. The molecule has 0 unspecified atom stereocenters. The molecule has 4 nitrogen and oxygen atoms in total. The Bertz CT molecular complexity index is 756. The van der Waals surface area contributed by atoms with Gasteiger partial charge in [0.25, 0.3) is 0 Å². The molecule has 0 radical (unpaired) electrons. The van der Waals surface area contributed by atoms with Gasteiger partial charge in [0.15, 0.2) is 0 Å². The summed E-state index contributed by atoms with van der Waals surface area (Å²) < 4.78 is 21.8. The van der Waals surface area contributed by atoms with E-state index < -0.39 is 0 Å². The number of rotatable bonds is 12. The molecule has 0 bridgehead atoms. The summed E-state index contributed by atoms with van der Waals surface area (Å²) in [7, 11) is 0. The molecular formula is C25H32O4. The molecule has 29 heavy (non-hydrogen) atoms. The summed E-state index contributed by atoms with van der Waals surface area (Å²) in [6.07, 6.45) is 2.85. The zero-order chi connectivity index (χ0) is 21.3. The van der Waals surface area contributed by atoms with Gasteiger partial charge in [0.05, 0.1) is 12.5 Å². The highest BCUT2D eigenvalue weighted by molar-refractivity contribution is 5.47. The van der Waals surface area contributed by atoms with Gasteiger partial charge in [-0.3, -0.25) is 0 Å². The van der Waals surface area contributed by atoms with E-state index in [0.717, 1.165) is 22.6 Å². The van der Waals surface area contributed by atoms with Crippen molar-refractivity contribution < 1.29 is 18.9 Å². The van der Waals surface area contributed by atoms with Gasteiger partial charge in [-0.1, -0.05) is 51.3 Å². The number of hydrogen-bond acceptors (Lipinski definition) is 4. The highest BCUT2D eigenvalue weighted by Crippen LogP contribution is 2.35. The van der Waals surface area contributed by atoms with Crippen molar-refractivity contribution in [2.24, 2.45) is 0 Å². The first kappa shape index (κ1) is 22.4. The summed E-state index contributed by atoms with van der Waals surface area (Å²) >= 11 is 0. The lowest BCUT2D eigenvalue weighted by atomic mass is 9.77. The quantitative estimate of drug-likeness (QED) is 0.340. The minimum absolute atomic E-state index is 0.148. The van der Waals surface area contributed by atoms with Crippen LogP contribution < -0.4 is 9.47 Å². The Hall–Kier alpha value is -2.88. The monoisotopic (exact) mass is 396 g/mol. The summed E-state index contributed by atoms with van der Waals surface area (Å²) in [5.74, 6) is 1.75. The maximum absolute atomic E-state index is 5.80. The van der Waals surface area contributed by atoms with E-state index in [2.05, 4.69) is 65.1 Å². The minimum Gasteiger partial charge on any atom is -0.498 e. The highest BCUT2D eigenvalue weighted by atomic mass is 16.5. The van der Waals surface area contributed by atoms with E-state index >= 15 is 0 Å². The fourth-order valence-corrected chi connectivity index (χ4v) is 3.13. The molecule has 0 spiro atoms. The van der Waals surface area contributed by atoms with Crippen molar-refractivity contribution >= 4 is 0 Å². The molecule has 0 aromatic heterocycles. The molecular weight excluding hydrogens is 364 g/mol. The molecule has 0 N–H and O–H groups in total.